The van der Waals surface area contributed by atoms with Gasteiger partial charge in [0.15, 0.2) is 0 Å². The molecule has 0 aromatic carbocycles. The minimum Gasteiger partial charge on any atom is -0.375 e. The second-order valence-corrected chi connectivity index (χ2v) is 15.5. The molecule has 0 aliphatic carbocycles. The van der Waals surface area contributed by atoms with Crippen molar-refractivity contribution in [3.05, 3.63) is 0 Å². The highest BCUT2D eigenvalue weighted by Crippen LogP contribution is 2.29. The number of hydrogen-bond donors (Lipinski definition) is 0. The van der Waals surface area contributed by atoms with E-state index in [0.717, 1.165) is 0 Å². The van der Waals surface area contributed by atoms with Gasteiger partial charge in [-0.05, 0) is 78.1 Å². The zero-order valence-electron chi connectivity index (χ0n) is 31.3. The van der Waals surface area contributed by atoms with Crippen LogP contribution in [0.15, 0.2) is 0 Å². The molecule has 2 aliphatic rings. The lowest BCUT2D eigenvalue weighted by Gasteiger charge is -2.34. The fourth-order valence-electron chi connectivity index (χ4n) is 7.80. The summed E-state index contributed by atoms with van der Waals surface area (Å²) in [4.78, 5) is 0. The molecule has 6 atom stereocenters. The van der Waals surface area contributed by atoms with Crippen LogP contribution in [0.2, 0.25) is 0 Å². The maximum atomic E-state index is 7.06. The minimum absolute atomic E-state index is 0.443. The first kappa shape index (κ1) is 41.1. The summed E-state index contributed by atoms with van der Waals surface area (Å²) in [6, 6.07) is 0. The lowest BCUT2D eigenvalue weighted by atomic mass is 9.96. The fraction of sp³-hybridized carbons (Fsp3) is 1.00. The fourth-order valence-corrected chi connectivity index (χ4v) is 7.80. The summed E-state index contributed by atoms with van der Waals surface area (Å²) < 4.78 is 18.9. The molecule has 2 fully saturated rings. The summed E-state index contributed by atoms with van der Waals surface area (Å²) in [5, 5.41) is 0. The summed E-state index contributed by atoms with van der Waals surface area (Å²) in [6.07, 6.45) is 46.5. The highest BCUT2D eigenvalue weighted by molar-refractivity contribution is 4.76. The molecule has 0 bridgehead atoms. The summed E-state index contributed by atoms with van der Waals surface area (Å²) in [5.41, 5.74) is 0. The number of ether oxygens (including phenoxy) is 3. The van der Waals surface area contributed by atoms with Crippen LogP contribution in [0.1, 0.15) is 233 Å². The first-order valence-corrected chi connectivity index (χ1v) is 21.1. The zero-order valence-corrected chi connectivity index (χ0v) is 31.3. The Labute approximate surface area is 283 Å². The molecule has 0 N–H and O–H groups in total. The van der Waals surface area contributed by atoms with Crippen molar-refractivity contribution in [1.29, 1.82) is 0 Å². The molecule has 2 saturated heterocycles. The van der Waals surface area contributed by atoms with Crippen LogP contribution < -0.4 is 0 Å². The van der Waals surface area contributed by atoms with Crippen LogP contribution in [0.4, 0.5) is 0 Å². The quantitative estimate of drug-likeness (QED) is 0.0659. The third-order valence-corrected chi connectivity index (χ3v) is 10.8. The number of hydrogen-bond acceptors (Lipinski definition) is 3. The number of unbranched alkanes of at least 4 members (excludes halogenated alkanes) is 20. The summed E-state index contributed by atoms with van der Waals surface area (Å²) in [6.45, 7) is 9.04. The first-order chi connectivity index (χ1) is 22.1. The molecule has 0 spiro atoms. The third kappa shape index (κ3) is 23.0. The van der Waals surface area contributed by atoms with Crippen molar-refractivity contribution in [2.24, 2.45) is 0 Å². The average molecular weight is 635 g/mol. The van der Waals surface area contributed by atoms with Crippen molar-refractivity contribution in [1.82, 2.24) is 0 Å². The van der Waals surface area contributed by atoms with Crippen molar-refractivity contribution in [2.45, 2.75) is 270 Å². The summed E-state index contributed by atoms with van der Waals surface area (Å²) >= 11 is 0. The van der Waals surface area contributed by atoms with Crippen molar-refractivity contribution in [2.75, 3.05) is 0 Å². The van der Waals surface area contributed by atoms with Crippen LogP contribution in [-0.2, 0) is 14.2 Å². The second kappa shape index (κ2) is 28.9. The highest BCUT2D eigenvalue weighted by atomic mass is 16.5. The second-order valence-electron chi connectivity index (χ2n) is 15.5. The van der Waals surface area contributed by atoms with Crippen molar-refractivity contribution in [3.63, 3.8) is 0 Å². The Balaban J connectivity index is 1.69. The Morgan fingerprint density at radius 3 is 0.978 bits per heavy atom. The van der Waals surface area contributed by atoms with Gasteiger partial charge < -0.3 is 14.2 Å². The predicted molar refractivity (Wildman–Crippen MR) is 196 cm³/mol. The van der Waals surface area contributed by atoms with Crippen LogP contribution >= 0.6 is 0 Å². The molecular formula is C42H82O3. The smallest absolute Gasteiger partial charge is 0.0603 e. The first-order valence-electron chi connectivity index (χ1n) is 21.1. The Kier molecular flexibility index (Phi) is 26.3. The van der Waals surface area contributed by atoms with Crippen molar-refractivity contribution < 1.29 is 14.2 Å². The van der Waals surface area contributed by atoms with E-state index in [4.69, 9.17) is 14.2 Å². The Bertz CT molecular complexity index is 559. The van der Waals surface area contributed by atoms with Gasteiger partial charge in [-0.15, -0.1) is 0 Å². The van der Waals surface area contributed by atoms with E-state index >= 15 is 0 Å². The highest BCUT2D eigenvalue weighted by Gasteiger charge is 2.27. The Morgan fingerprint density at radius 1 is 0.422 bits per heavy atom. The van der Waals surface area contributed by atoms with E-state index in [9.17, 15) is 0 Å². The molecule has 0 saturated carbocycles. The zero-order chi connectivity index (χ0) is 32.2. The largest absolute Gasteiger partial charge is 0.375 e. The van der Waals surface area contributed by atoms with Gasteiger partial charge >= 0.3 is 0 Å². The average Bonchev–Trinajstić information content (AvgIpc) is 3.00. The Hall–Kier alpha value is -0.120. The van der Waals surface area contributed by atoms with E-state index in [1.807, 2.05) is 0 Å². The van der Waals surface area contributed by atoms with Crippen LogP contribution in [0.5, 0.6) is 0 Å². The van der Waals surface area contributed by atoms with E-state index in [-0.39, 0.29) is 0 Å². The van der Waals surface area contributed by atoms with Gasteiger partial charge in [0.25, 0.3) is 0 Å². The molecule has 0 aromatic rings. The van der Waals surface area contributed by atoms with Gasteiger partial charge in [0.1, 0.15) is 0 Å². The van der Waals surface area contributed by atoms with E-state index in [1.165, 1.54) is 205 Å². The lowest BCUT2D eigenvalue weighted by Crippen LogP contribution is -2.35. The van der Waals surface area contributed by atoms with Crippen LogP contribution in [0.3, 0.4) is 0 Å². The molecule has 3 nitrogen and oxygen atoms in total. The normalized spacial score (nSPS) is 22.7. The number of rotatable bonds is 34. The molecule has 3 heteroatoms. The van der Waals surface area contributed by atoms with Crippen LogP contribution in [-0.4, -0.2) is 36.6 Å². The SMILES string of the molecule is CCCCCCCCCCCCCC(CCCC1CC(C)O1)OC(CCCCCCCCCCCCC)CCCC1CC(C)O1. The molecule has 2 aliphatic heterocycles. The van der Waals surface area contributed by atoms with Gasteiger partial charge in [0.05, 0.1) is 36.6 Å². The summed E-state index contributed by atoms with van der Waals surface area (Å²) in [7, 11) is 0. The topological polar surface area (TPSA) is 27.7 Å². The van der Waals surface area contributed by atoms with Gasteiger partial charge in [-0.1, -0.05) is 155 Å². The van der Waals surface area contributed by atoms with E-state index in [0.29, 0.717) is 36.6 Å². The van der Waals surface area contributed by atoms with Crippen molar-refractivity contribution >= 4 is 0 Å². The maximum absolute atomic E-state index is 7.06. The van der Waals surface area contributed by atoms with E-state index in [1.54, 1.807) is 0 Å². The van der Waals surface area contributed by atoms with E-state index in [2.05, 4.69) is 27.7 Å². The molecule has 45 heavy (non-hydrogen) atoms. The van der Waals surface area contributed by atoms with Gasteiger partial charge in [0.2, 0.25) is 0 Å². The van der Waals surface area contributed by atoms with Crippen LogP contribution in [0, 0.1) is 0 Å². The Morgan fingerprint density at radius 2 is 0.689 bits per heavy atom. The van der Waals surface area contributed by atoms with Gasteiger partial charge in [0, 0.05) is 0 Å². The third-order valence-electron chi connectivity index (χ3n) is 10.8. The molecule has 0 radical (unpaired) electrons. The van der Waals surface area contributed by atoms with Gasteiger partial charge in [-0.3, -0.25) is 0 Å². The monoisotopic (exact) mass is 635 g/mol. The van der Waals surface area contributed by atoms with Gasteiger partial charge in [-0.25, -0.2) is 0 Å². The summed E-state index contributed by atoms with van der Waals surface area (Å²) in [5.74, 6) is 0. The van der Waals surface area contributed by atoms with Gasteiger partial charge in [-0.2, -0.15) is 0 Å². The molecule has 2 heterocycles. The molecular weight excluding hydrogens is 552 g/mol. The molecule has 0 aromatic heterocycles. The standard InChI is InChI=1S/C42H82O3/c1-5-7-9-11-13-15-17-19-21-23-25-29-39(31-27-33-41-35-37(3)43-41)45-40(32-28-34-42-36-38(4)44-42)30-26-24-22-20-18-16-14-12-10-8-6-2/h37-42H,5-36H2,1-4H3. The molecule has 268 valence electrons. The van der Waals surface area contributed by atoms with Crippen molar-refractivity contribution in [3.8, 4) is 0 Å². The molecule has 0 amide bonds. The van der Waals surface area contributed by atoms with E-state index < -0.39 is 0 Å². The minimum atomic E-state index is 0.443. The molecule has 2 rings (SSSR count). The molecule has 6 unspecified atom stereocenters. The van der Waals surface area contributed by atoms with Crippen LogP contribution in [0.25, 0.3) is 0 Å². The maximum Gasteiger partial charge on any atom is 0.0603 e. The lowest BCUT2D eigenvalue weighted by molar-refractivity contribution is -0.120. The predicted octanol–water partition coefficient (Wildman–Crippen LogP) is 13.8.